The molecule has 0 spiro atoms. The molecular weight excluding hydrogens is 196 g/mol. The van der Waals surface area contributed by atoms with Crippen LogP contribution in [0.1, 0.15) is 50.3 Å². The lowest BCUT2D eigenvalue weighted by Gasteiger charge is -2.20. The van der Waals surface area contributed by atoms with Crippen molar-refractivity contribution in [2.75, 3.05) is 6.54 Å². The summed E-state index contributed by atoms with van der Waals surface area (Å²) < 4.78 is 0. The van der Waals surface area contributed by atoms with E-state index in [-0.39, 0.29) is 0 Å². The predicted molar refractivity (Wildman–Crippen MR) is 67.4 cm³/mol. The second-order valence-corrected chi connectivity index (χ2v) is 4.72. The Kier molecular flexibility index (Phi) is 3.94. The summed E-state index contributed by atoms with van der Waals surface area (Å²) in [5.41, 5.74) is 2.86. The van der Waals surface area contributed by atoms with E-state index in [1.165, 1.54) is 30.4 Å². The molecule has 1 fully saturated rings. The number of pyridine rings is 1. The van der Waals surface area contributed by atoms with Crippen LogP contribution in [-0.4, -0.2) is 11.5 Å². The number of hydrogen-bond acceptors (Lipinski definition) is 2. The highest BCUT2D eigenvalue weighted by Crippen LogP contribution is 2.38. The highest BCUT2D eigenvalue weighted by molar-refractivity contribution is 5.27. The maximum Gasteiger partial charge on any atom is 0.0326 e. The highest BCUT2D eigenvalue weighted by Gasteiger charge is 2.26. The molecule has 0 radical (unpaired) electrons. The molecule has 0 amide bonds. The zero-order chi connectivity index (χ0) is 11.4. The van der Waals surface area contributed by atoms with Crippen molar-refractivity contribution in [3.63, 3.8) is 0 Å². The van der Waals surface area contributed by atoms with Crippen LogP contribution in [0, 0.1) is 5.92 Å². The van der Waals surface area contributed by atoms with E-state index in [1.54, 1.807) is 0 Å². The molecule has 0 saturated heterocycles. The Bertz CT molecular complexity index is 331. The fraction of sp³-hybridized carbons (Fsp3) is 0.643. The molecule has 0 aliphatic heterocycles. The molecule has 2 nitrogen and oxygen atoms in total. The summed E-state index contributed by atoms with van der Waals surface area (Å²) in [7, 11) is 0. The predicted octanol–water partition coefficient (Wildman–Crippen LogP) is 3.09. The van der Waals surface area contributed by atoms with Crippen molar-refractivity contribution < 1.29 is 0 Å². The van der Waals surface area contributed by atoms with E-state index in [4.69, 9.17) is 0 Å². The van der Waals surface area contributed by atoms with E-state index in [0.29, 0.717) is 6.04 Å². The smallest absolute Gasteiger partial charge is 0.0326 e. The molecular formula is C14H22N2. The van der Waals surface area contributed by atoms with Gasteiger partial charge in [-0.1, -0.05) is 26.7 Å². The van der Waals surface area contributed by atoms with Crippen molar-refractivity contribution in [1.29, 1.82) is 0 Å². The van der Waals surface area contributed by atoms with Crippen LogP contribution in [-0.2, 0) is 6.42 Å². The first kappa shape index (κ1) is 11.6. The van der Waals surface area contributed by atoms with Crippen LogP contribution in [0.5, 0.6) is 0 Å². The fourth-order valence-corrected chi connectivity index (χ4v) is 2.33. The summed E-state index contributed by atoms with van der Waals surface area (Å²) in [5.74, 6) is 0.960. The van der Waals surface area contributed by atoms with Crippen molar-refractivity contribution in [3.8, 4) is 0 Å². The van der Waals surface area contributed by atoms with Gasteiger partial charge in [0.25, 0.3) is 0 Å². The molecule has 1 unspecified atom stereocenters. The maximum atomic E-state index is 4.23. The van der Waals surface area contributed by atoms with Crippen molar-refractivity contribution in [3.05, 3.63) is 29.6 Å². The second-order valence-electron chi connectivity index (χ2n) is 4.72. The molecule has 16 heavy (non-hydrogen) atoms. The normalized spacial score (nSPS) is 17.4. The lowest BCUT2D eigenvalue weighted by atomic mass is 9.96. The third-order valence-corrected chi connectivity index (χ3v) is 3.41. The van der Waals surface area contributed by atoms with Crippen molar-refractivity contribution in [2.24, 2.45) is 5.92 Å². The third kappa shape index (κ3) is 2.82. The molecule has 1 N–H and O–H groups in total. The molecule has 2 heteroatoms. The van der Waals surface area contributed by atoms with Crippen LogP contribution in [0.4, 0.5) is 0 Å². The van der Waals surface area contributed by atoms with Gasteiger partial charge in [0.1, 0.15) is 0 Å². The van der Waals surface area contributed by atoms with Crippen LogP contribution in [0.25, 0.3) is 0 Å². The summed E-state index contributed by atoms with van der Waals surface area (Å²) in [4.78, 5) is 4.23. The van der Waals surface area contributed by atoms with Gasteiger partial charge in [-0.3, -0.25) is 4.98 Å². The molecule has 1 aromatic rings. The SMILES string of the molecule is CCNC(CC1CC1)c1ccncc1CC. The van der Waals surface area contributed by atoms with E-state index >= 15 is 0 Å². The van der Waals surface area contributed by atoms with Gasteiger partial charge in [0, 0.05) is 18.4 Å². The topological polar surface area (TPSA) is 24.9 Å². The van der Waals surface area contributed by atoms with Crippen LogP contribution in [0.3, 0.4) is 0 Å². The van der Waals surface area contributed by atoms with Crippen LogP contribution in [0.2, 0.25) is 0 Å². The van der Waals surface area contributed by atoms with E-state index in [9.17, 15) is 0 Å². The minimum absolute atomic E-state index is 0.537. The summed E-state index contributed by atoms with van der Waals surface area (Å²) in [6.07, 6.45) is 9.17. The Labute approximate surface area is 98.5 Å². The van der Waals surface area contributed by atoms with Gasteiger partial charge in [-0.25, -0.2) is 0 Å². The number of aromatic nitrogens is 1. The van der Waals surface area contributed by atoms with E-state index in [2.05, 4.69) is 30.2 Å². The summed E-state index contributed by atoms with van der Waals surface area (Å²) >= 11 is 0. The first-order valence-corrected chi connectivity index (χ1v) is 6.51. The largest absolute Gasteiger partial charge is 0.310 e. The van der Waals surface area contributed by atoms with Gasteiger partial charge in [0.15, 0.2) is 0 Å². The summed E-state index contributed by atoms with van der Waals surface area (Å²) in [5, 5.41) is 3.62. The van der Waals surface area contributed by atoms with Gasteiger partial charge >= 0.3 is 0 Å². The molecule has 1 aliphatic rings. The van der Waals surface area contributed by atoms with E-state index in [1.807, 2.05) is 12.4 Å². The zero-order valence-corrected chi connectivity index (χ0v) is 10.4. The quantitative estimate of drug-likeness (QED) is 0.793. The molecule has 1 aromatic heterocycles. The standard InChI is InChI=1S/C14H22N2/c1-3-12-10-15-8-7-13(12)14(16-4-2)9-11-5-6-11/h7-8,10-11,14,16H,3-6,9H2,1-2H3. The minimum Gasteiger partial charge on any atom is -0.310 e. The first-order chi connectivity index (χ1) is 7.85. The van der Waals surface area contributed by atoms with E-state index in [0.717, 1.165) is 18.9 Å². The Balaban J connectivity index is 2.14. The van der Waals surface area contributed by atoms with Crippen molar-refractivity contribution in [2.45, 2.75) is 45.6 Å². The van der Waals surface area contributed by atoms with Gasteiger partial charge in [0.2, 0.25) is 0 Å². The minimum atomic E-state index is 0.537. The number of aryl methyl sites for hydroxylation is 1. The lowest BCUT2D eigenvalue weighted by molar-refractivity contribution is 0.483. The van der Waals surface area contributed by atoms with Crippen LogP contribution in [0.15, 0.2) is 18.5 Å². The average Bonchev–Trinajstić information content (AvgIpc) is 3.12. The van der Waals surface area contributed by atoms with E-state index < -0.39 is 0 Å². The number of rotatable bonds is 6. The Hall–Kier alpha value is -0.890. The number of nitrogens with one attached hydrogen (secondary N) is 1. The monoisotopic (exact) mass is 218 g/mol. The van der Waals surface area contributed by atoms with Gasteiger partial charge in [-0.15, -0.1) is 0 Å². The molecule has 0 bridgehead atoms. The maximum absolute atomic E-state index is 4.23. The van der Waals surface area contributed by atoms with Crippen LogP contribution < -0.4 is 5.32 Å². The van der Waals surface area contributed by atoms with Gasteiger partial charge in [0.05, 0.1) is 0 Å². The Morgan fingerprint density at radius 2 is 2.25 bits per heavy atom. The molecule has 0 aromatic carbocycles. The first-order valence-electron chi connectivity index (χ1n) is 6.51. The molecule has 1 aliphatic carbocycles. The molecule has 88 valence electrons. The molecule has 1 atom stereocenters. The average molecular weight is 218 g/mol. The summed E-state index contributed by atoms with van der Waals surface area (Å²) in [6.45, 7) is 5.44. The summed E-state index contributed by atoms with van der Waals surface area (Å²) in [6, 6.07) is 2.73. The van der Waals surface area contributed by atoms with Gasteiger partial charge in [-0.05, 0) is 42.5 Å². The Morgan fingerprint density at radius 1 is 1.44 bits per heavy atom. The fourth-order valence-electron chi connectivity index (χ4n) is 2.33. The Morgan fingerprint density at radius 3 is 2.88 bits per heavy atom. The molecule has 1 saturated carbocycles. The molecule has 1 heterocycles. The number of hydrogen-bond donors (Lipinski definition) is 1. The third-order valence-electron chi connectivity index (χ3n) is 3.41. The van der Waals surface area contributed by atoms with Gasteiger partial charge < -0.3 is 5.32 Å². The van der Waals surface area contributed by atoms with Crippen molar-refractivity contribution >= 4 is 0 Å². The van der Waals surface area contributed by atoms with Crippen molar-refractivity contribution in [1.82, 2.24) is 10.3 Å². The molecule has 2 rings (SSSR count). The second kappa shape index (κ2) is 5.44. The van der Waals surface area contributed by atoms with Gasteiger partial charge in [-0.2, -0.15) is 0 Å². The highest BCUT2D eigenvalue weighted by atomic mass is 14.9. The lowest BCUT2D eigenvalue weighted by Crippen LogP contribution is -2.22. The number of nitrogens with zero attached hydrogens (tertiary/aromatic N) is 1. The zero-order valence-electron chi connectivity index (χ0n) is 10.4. The van der Waals surface area contributed by atoms with Crippen LogP contribution >= 0.6 is 0 Å².